The van der Waals surface area contributed by atoms with E-state index in [1.165, 1.54) is 173 Å². The molecule has 0 aliphatic carbocycles. The standard InChI is InChI=1S/C76H128O6/c1-4-7-10-13-16-19-22-25-28-30-31-32-33-34-35-36-37-38-39-40-41-42-43-44-45-46-49-51-54-57-60-63-66-69-75(78)81-72-73(71-80-74(77)68-65-62-59-56-53-50-47-27-24-21-18-15-12-9-6-3)82-76(79)70-67-64-61-58-55-52-48-29-26-23-20-17-14-11-8-5-2/h7,9-10,12,16,18-19,21,25,27-29,31-32,47-48,53,56,62,65,73H,4-6,8,11,13-15,17,20,22-24,26,30,33-46,49-52,54-55,57-61,63-64,66-72H2,1-3H3/b10-7-,12-9-,19-16-,21-18-,28-25-,32-31-,47-27-,48-29-,56-53-,65-62-. The van der Waals surface area contributed by atoms with Crippen LogP contribution in [0.3, 0.4) is 0 Å². The average Bonchev–Trinajstić information content (AvgIpc) is 3.47. The quantitative estimate of drug-likeness (QED) is 0.0261. The first-order valence-corrected chi connectivity index (χ1v) is 34.5. The molecular formula is C76H128O6. The highest BCUT2D eigenvalue weighted by molar-refractivity contribution is 5.72. The Kier molecular flexibility index (Phi) is 65.8. The van der Waals surface area contributed by atoms with E-state index < -0.39 is 12.1 Å². The fourth-order valence-corrected chi connectivity index (χ4v) is 9.62. The van der Waals surface area contributed by atoms with Crippen LogP contribution in [-0.2, 0) is 28.6 Å². The van der Waals surface area contributed by atoms with Crippen LogP contribution in [0.5, 0.6) is 0 Å². The summed E-state index contributed by atoms with van der Waals surface area (Å²) in [7, 11) is 0. The molecule has 82 heavy (non-hydrogen) atoms. The number of hydrogen-bond acceptors (Lipinski definition) is 6. The van der Waals surface area contributed by atoms with Crippen LogP contribution in [0.2, 0.25) is 0 Å². The molecule has 1 atom stereocenters. The van der Waals surface area contributed by atoms with Crippen LogP contribution in [0.15, 0.2) is 122 Å². The van der Waals surface area contributed by atoms with E-state index in [0.29, 0.717) is 12.8 Å². The van der Waals surface area contributed by atoms with E-state index in [4.69, 9.17) is 14.2 Å². The maximum atomic E-state index is 12.9. The fraction of sp³-hybridized carbons (Fsp3) is 0.697. The first kappa shape index (κ1) is 77.8. The summed E-state index contributed by atoms with van der Waals surface area (Å²) in [5.41, 5.74) is 0. The molecule has 6 heteroatoms. The Morgan fingerprint density at radius 2 is 0.524 bits per heavy atom. The lowest BCUT2D eigenvalue weighted by molar-refractivity contribution is -0.166. The monoisotopic (exact) mass is 1140 g/mol. The molecule has 0 saturated carbocycles. The van der Waals surface area contributed by atoms with Crippen molar-refractivity contribution >= 4 is 17.9 Å². The minimum atomic E-state index is -0.824. The topological polar surface area (TPSA) is 78.9 Å². The van der Waals surface area contributed by atoms with Crippen molar-refractivity contribution in [2.45, 2.75) is 329 Å². The predicted molar refractivity (Wildman–Crippen MR) is 357 cm³/mol. The number of carbonyl (C=O) groups excluding carboxylic acids is 3. The van der Waals surface area contributed by atoms with Gasteiger partial charge in [0, 0.05) is 12.8 Å². The van der Waals surface area contributed by atoms with E-state index in [0.717, 1.165) is 109 Å². The summed E-state index contributed by atoms with van der Waals surface area (Å²) in [6.07, 6.45) is 96.9. The van der Waals surface area contributed by atoms with Crippen molar-refractivity contribution in [2.24, 2.45) is 0 Å². The van der Waals surface area contributed by atoms with Gasteiger partial charge in [0.25, 0.3) is 0 Å². The summed E-state index contributed by atoms with van der Waals surface area (Å²) in [6.45, 7) is 6.34. The molecule has 0 saturated heterocycles. The third kappa shape index (κ3) is 66.6. The van der Waals surface area contributed by atoms with Crippen molar-refractivity contribution in [2.75, 3.05) is 13.2 Å². The molecule has 0 aromatic heterocycles. The van der Waals surface area contributed by atoms with Crippen LogP contribution < -0.4 is 0 Å². The lowest BCUT2D eigenvalue weighted by Gasteiger charge is -2.18. The number of rotatable bonds is 62. The van der Waals surface area contributed by atoms with Crippen LogP contribution >= 0.6 is 0 Å². The Bertz CT molecular complexity index is 1690. The molecule has 0 N–H and O–H groups in total. The zero-order valence-electron chi connectivity index (χ0n) is 53.7. The van der Waals surface area contributed by atoms with Gasteiger partial charge < -0.3 is 14.2 Å². The summed E-state index contributed by atoms with van der Waals surface area (Å²) < 4.78 is 16.8. The summed E-state index contributed by atoms with van der Waals surface area (Å²) in [4.78, 5) is 38.3. The lowest BCUT2D eigenvalue weighted by atomic mass is 10.0. The normalized spacial score (nSPS) is 12.9. The molecule has 0 rings (SSSR count). The largest absolute Gasteiger partial charge is 0.462 e. The smallest absolute Gasteiger partial charge is 0.309 e. The van der Waals surface area contributed by atoms with Gasteiger partial charge in [-0.15, -0.1) is 0 Å². The highest BCUT2D eigenvalue weighted by Gasteiger charge is 2.19. The van der Waals surface area contributed by atoms with E-state index in [2.05, 4.69) is 130 Å². The van der Waals surface area contributed by atoms with Crippen LogP contribution in [-0.4, -0.2) is 37.2 Å². The maximum Gasteiger partial charge on any atom is 0.309 e. The Morgan fingerprint density at radius 1 is 0.268 bits per heavy atom. The molecule has 0 aliphatic rings. The molecule has 0 fully saturated rings. The van der Waals surface area contributed by atoms with Gasteiger partial charge in [0.05, 0.1) is 6.42 Å². The first-order valence-electron chi connectivity index (χ1n) is 34.5. The maximum absolute atomic E-state index is 12.9. The highest BCUT2D eigenvalue weighted by atomic mass is 16.6. The number of allylic oxidation sites excluding steroid dienone is 19. The Balaban J connectivity index is 4.24. The average molecular weight is 1140 g/mol. The molecule has 0 amide bonds. The van der Waals surface area contributed by atoms with Crippen molar-refractivity contribution in [1.82, 2.24) is 0 Å². The zero-order valence-corrected chi connectivity index (χ0v) is 53.7. The van der Waals surface area contributed by atoms with Crippen molar-refractivity contribution in [3.63, 3.8) is 0 Å². The SMILES string of the molecule is CC/C=C\C/C=C\C/C=C\C/C=C\C/C=C\CC(=O)OCC(COC(=O)CCCCCCCCCCCCCCCCCCCCCC/C=C\C/C=C\C/C=C\C/C=C\CC)OC(=O)CCCCCCC/C=C\CCCCCCCCC. The summed E-state index contributed by atoms with van der Waals surface area (Å²) >= 11 is 0. The number of carbonyl (C=O) groups is 3. The Labute approximate surface area is 507 Å². The van der Waals surface area contributed by atoms with E-state index in [1.54, 1.807) is 6.08 Å². The molecule has 1 unspecified atom stereocenters. The summed E-state index contributed by atoms with van der Waals surface area (Å²) in [5, 5.41) is 0. The molecule has 0 aromatic carbocycles. The second-order valence-electron chi connectivity index (χ2n) is 22.7. The van der Waals surface area contributed by atoms with Crippen LogP contribution in [0.1, 0.15) is 323 Å². The van der Waals surface area contributed by atoms with E-state index in [1.807, 2.05) is 6.08 Å². The van der Waals surface area contributed by atoms with E-state index in [-0.39, 0.29) is 31.6 Å². The molecule has 0 heterocycles. The van der Waals surface area contributed by atoms with Gasteiger partial charge in [0.1, 0.15) is 13.2 Å². The molecule has 6 nitrogen and oxygen atoms in total. The highest BCUT2D eigenvalue weighted by Crippen LogP contribution is 2.17. The van der Waals surface area contributed by atoms with Crippen molar-refractivity contribution in [1.29, 1.82) is 0 Å². The van der Waals surface area contributed by atoms with Crippen LogP contribution in [0.4, 0.5) is 0 Å². The number of esters is 3. The first-order chi connectivity index (χ1) is 40.5. The summed E-state index contributed by atoms with van der Waals surface area (Å²) in [5.74, 6) is -1.04. The van der Waals surface area contributed by atoms with Crippen LogP contribution in [0.25, 0.3) is 0 Å². The van der Waals surface area contributed by atoms with Crippen molar-refractivity contribution in [3.8, 4) is 0 Å². The molecule has 0 spiro atoms. The van der Waals surface area contributed by atoms with Gasteiger partial charge >= 0.3 is 17.9 Å². The lowest BCUT2D eigenvalue weighted by Crippen LogP contribution is -2.30. The predicted octanol–water partition coefficient (Wildman–Crippen LogP) is 23.9. The fourth-order valence-electron chi connectivity index (χ4n) is 9.62. The third-order valence-electron chi connectivity index (χ3n) is 14.7. The second kappa shape index (κ2) is 69.3. The van der Waals surface area contributed by atoms with Gasteiger partial charge in [-0.05, 0) is 109 Å². The van der Waals surface area contributed by atoms with Gasteiger partial charge in [-0.25, -0.2) is 0 Å². The van der Waals surface area contributed by atoms with Gasteiger partial charge in [0.2, 0.25) is 0 Å². The minimum absolute atomic E-state index is 0.110. The van der Waals surface area contributed by atoms with Gasteiger partial charge in [-0.3, -0.25) is 14.4 Å². The minimum Gasteiger partial charge on any atom is -0.462 e. The third-order valence-corrected chi connectivity index (χ3v) is 14.7. The molecular weight excluding hydrogens is 1010 g/mol. The van der Waals surface area contributed by atoms with Crippen LogP contribution in [0, 0.1) is 0 Å². The van der Waals surface area contributed by atoms with E-state index >= 15 is 0 Å². The van der Waals surface area contributed by atoms with Crippen molar-refractivity contribution < 1.29 is 28.6 Å². The number of hydrogen-bond donors (Lipinski definition) is 0. The molecule has 468 valence electrons. The Morgan fingerprint density at radius 3 is 0.866 bits per heavy atom. The van der Waals surface area contributed by atoms with E-state index in [9.17, 15) is 14.4 Å². The molecule has 0 bridgehead atoms. The Hall–Kier alpha value is -4.19. The molecule has 0 aromatic rings. The molecule has 0 radical (unpaired) electrons. The van der Waals surface area contributed by atoms with Gasteiger partial charge in [-0.2, -0.15) is 0 Å². The number of unbranched alkanes of at least 4 members (excludes halogenated alkanes) is 32. The van der Waals surface area contributed by atoms with Crippen molar-refractivity contribution in [3.05, 3.63) is 122 Å². The summed E-state index contributed by atoms with van der Waals surface area (Å²) in [6, 6.07) is 0. The van der Waals surface area contributed by atoms with Gasteiger partial charge in [0.15, 0.2) is 6.10 Å². The number of ether oxygens (including phenoxy) is 3. The van der Waals surface area contributed by atoms with Gasteiger partial charge in [-0.1, -0.05) is 316 Å². The zero-order chi connectivity index (χ0) is 59.2. The molecule has 0 aliphatic heterocycles. The second-order valence-corrected chi connectivity index (χ2v) is 22.7.